The highest BCUT2D eigenvalue weighted by molar-refractivity contribution is 5.65. The minimum atomic E-state index is 0.298. The highest BCUT2D eigenvalue weighted by atomic mass is 16.5. The number of nitrogens with zero attached hydrogens (tertiary/aromatic N) is 1. The van der Waals surface area contributed by atoms with Gasteiger partial charge in [-0.25, -0.2) is 0 Å². The van der Waals surface area contributed by atoms with Gasteiger partial charge in [-0.15, -0.1) is 0 Å². The second-order valence-corrected chi connectivity index (χ2v) is 3.83. The lowest BCUT2D eigenvalue weighted by Gasteiger charge is -2.07. The molecule has 2 heterocycles. The van der Waals surface area contributed by atoms with Crippen LogP contribution in [0.15, 0.2) is 28.8 Å². The van der Waals surface area contributed by atoms with Crippen molar-refractivity contribution in [2.24, 2.45) is 0 Å². The largest absolute Gasteiger partial charge is 0.490 e. The van der Waals surface area contributed by atoms with Crippen LogP contribution >= 0.6 is 0 Å². The van der Waals surface area contributed by atoms with Gasteiger partial charge < -0.3 is 19.7 Å². The van der Waals surface area contributed by atoms with E-state index in [1.807, 2.05) is 18.2 Å². The Bertz CT molecular complexity index is 536. The summed E-state index contributed by atoms with van der Waals surface area (Å²) in [6.07, 6.45) is 0.890. The molecule has 0 radical (unpaired) electrons. The maximum Gasteiger partial charge on any atom is 0.222 e. The number of fused-ring (bicyclic) bond motifs is 1. The van der Waals surface area contributed by atoms with Gasteiger partial charge in [0, 0.05) is 18.1 Å². The van der Waals surface area contributed by atoms with Crippen LogP contribution in [0.2, 0.25) is 0 Å². The number of nitrogens with two attached hydrogens (primary N) is 1. The number of hydrogen-bond acceptors (Lipinski definition) is 5. The molecule has 0 saturated carbocycles. The molecular weight excluding hydrogens is 220 g/mol. The van der Waals surface area contributed by atoms with E-state index in [-0.39, 0.29) is 0 Å². The Kier molecular flexibility index (Phi) is 2.36. The summed E-state index contributed by atoms with van der Waals surface area (Å²) in [5.74, 6) is 1.80. The predicted molar refractivity (Wildman–Crippen MR) is 62.0 cm³/mol. The molecule has 2 N–H and O–H groups in total. The highest BCUT2D eigenvalue weighted by Crippen LogP contribution is 2.34. The molecule has 0 bridgehead atoms. The number of aromatic nitrogens is 1. The van der Waals surface area contributed by atoms with Crippen LogP contribution in [0.4, 0.5) is 5.88 Å². The maximum absolute atomic E-state index is 5.60. The summed E-state index contributed by atoms with van der Waals surface area (Å²) < 4.78 is 16.0. The minimum absolute atomic E-state index is 0.298. The van der Waals surface area contributed by atoms with Crippen molar-refractivity contribution >= 4 is 5.88 Å². The third-order valence-electron chi connectivity index (χ3n) is 2.57. The molecule has 5 nitrogen and oxygen atoms in total. The smallest absolute Gasteiger partial charge is 0.222 e. The topological polar surface area (TPSA) is 70.5 Å². The normalized spacial score (nSPS) is 14.4. The molecule has 0 atom stereocenters. The molecule has 0 saturated heterocycles. The standard InChI is InChI=1S/C12H12N2O3/c13-12-7-9(14-17-12)8-2-3-10-11(6-8)16-5-1-4-15-10/h2-3,6-7H,1,4-5,13H2. The van der Waals surface area contributed by atoms with Gasteiger partial charge in [0.25, 0.3) is 0 Å². The zero-order valence-corrected chi connectivity index (χ0v) is 9.18. The maximum atomic E-state index is 5.60. The Hall–Kier alpha value is -2.17. The number of benzene rings is 1. The lowest BCUT2D eigenvalue weighted by atomic mass is 10.1. The molecule has 0 fully saturated rings. The van der Waals surface area contributed by atoms with Crippen molar-refractivity contribution in [2.75, 3.05) is 18.9 Å². The van der Waals surface area contributed by atoms with Crippen molar-refractivity contribution in [3.8, 4) is 22.8 Å². The van der Waals surface area contributed by atoms with E-state index in [1.165, 1.54) is 0 Å². The van der Waals surface area contributed by atoms with E-state index in [0.717, 1.165) is 23.5 Å². The second-order valence-electron chi connectivity index (χ2n) is 3.83. The lowest BCUT2D eigenvalue weighted by Crippen LogP contribution is -1.97. The van der Waals surface area contributed by atoms with E-state index in [9.17, 15) is 0 Å². The van der Waals surface area contributed by atoms with Crippen molar-refractivity contribution in [3.63, 3.8) is 0 Å². The zero-order valence-electron chi connectivity index (χ0n) is 9.18. The fourth-order valence-corrected chi connectivity index (χ4v) is 1.75. The van der Waals surface area contributed by atoms with Gasteiger partial charge in [0.2, 0.25) is 5.88 Å². The van der Waals surface area contributed by atoms with E-state index < -0.39 is 0 Å². The summed E-state index contributed by atoms with van der Waals surface area (Å²) in [5, 5.41) is 3.86. The highest BCUT2D eigenvalue weighted by Gasteiger charge is 2.12. The van der Waals surface area contributed by atoms with Crippen molar-refractivity contribution < 1.29 is 14.0 Å². The number of ether oxygens (including phenoxy) is 2. The minimum Gasteiger partial charge on any atom is -0.490 e. The first-order chi connectivity index (χ1) is 8.33. The summed E-state index contributed by atoms with van der Waals surface area (Å²) >= 11 is 0. The molecule has 0 aliphatic carbocycles. The molecule has 17 heavy (non-hydrogen) atoms. The monoisotopic (exact) mass is 232 g/mol. The molecule has 3 rings (SSSR count). The van der Waals surface area contributed by atoms with Crippen LogP contribution in [0.3, 0.4) is 0 Å². The molecule has 0 unspecified atom stereocenters. The van der Waals surface area contributed by atoms with Crippen LogP contribution in [0.1, 0.15) is 6.42 Å². The Morgan fingerprint density at radius 3 is 2.65 bits per heavy atom. The van der Waals surface area contributed by atoms with Gasteiger partial charge in [-0.05, 0) is 18.2 Å². The molecule has 1 aliphatic heterocycles. The van der Waals surface area contributed by atoms with Gasteiger partial charge in [0.05, 0.1) is 13.2 Å². The fourth-order valence-electron chi connectivity index (χ4n) is 1.75. The summed E-state index contributed by atoms with van der Waals surface area (Å²) in [6.45, 7) is 1.35. The molecule has 2 aromatic rings. The quantitative estimate of drug-likeness (QED) is 0.815. The van der Waals surface area contributed by atoms with Crippen molar-refractivity contribution in [1.29, 1.82) is 0 Å². The van der Waals surface area contributed by atoms with Crippen LogP contribution in [-0.2, 0) is 0 Å². The van der Waals surface area contributed by atoms with E-state index in [4.69, 9.17) is 19.7 Å². The van der Waals surface area contributed by atoms with Gasteiger partial charge in [0.1, 0.15) is 5.69 Å². The Balaban J connectivity index is 2.00. The van der Waals surface area contributed by atoms with Gasteiger partial charge in [-0.1, -0.05) is 5.16 Å². The average Bonchev–Trinajstić information content (AvgIpc) is 2.64. The van der Waals surface area contributed by atoms with Gasteiger partial charge >= 0.3 is 0 Å². The van der Waals surface area contributed by atoms with E-state index in [2.05, 4.69) is 5.16 Å². The fraction of sp³-hybridized carbons (Fsp3) is 0.250. The molecule has 1 aromatic heterocycles. The summed E-state index contributed by atoms with van der Waals surface area (Å²) in [5.41, 5.74) is 7.08. The second kappa shape index (κ2) is 4.01. The van der Waals surface area contributed by atoms with Crippen LogP contribution in [0.5, 0.6) is 11.5 Å². The molecule has 0 amide bonds. The average molecular weight is 232 g/mol. The predicted octanol–water partition coefficient (Wildman–Crippen LogP) is 2.09. The van der Waals surface area contributed by atoms with Crippen molar-refractivity contribution in [3.05, 3.63) is 24.3 Å². The molecule has 88 valence electrons. The van der Waals surface area contributed by atoms with Crippen LogP contribution in [0, 0.1) is 0 Å². The summed E-state index contributed by atoms with van der Waals surface area (Å²) in [6, 6.07) is 7.35. The number of hydrogen-bond donors (Lipinski definition) is 1. The van der Waals surface area contributed by atoms with Crippen molar-refractivity contribution in [1.82, 2.24) is 5.16 Å². The Morgan fingerprint density at radius 2 is 1.88 bits per heavy atom. The van der Waals surface area contributed by atoms with E-state index in [0.29, 0.717) is 24.8 Å². The number of nitrogen functional groups attached to an aromatic ring is 1. The first kappa shape index (κ1) is 10.0. The van der Waals surface area contributed by atoms with E-state index >= 15 is 0 Å². The van der Waals surface area contributed by atoms with Crippen LogP contribution in [-0.4, -0.2) is 18.4 Å². The van der Waals surface area contributed by atoms with Gasteiger partial charge in [-0.3, -0.25) is 0 Å². The van der Waals surface area contributed by atoms with Gasteiger partial charge in [-0.2, -0.15) is 0 Å². The molecular formula is C12H12N2O3. The summed E-state index contributed by atoms with van der Waals surface area (Å²) in [4.78, 5) is 0. The first-order valence-corrected chi connectivity index (χ1v) is 5.45. The van der Waals surface area contributed by atoms with Crippen LogP contribution in [0.25, 0.3) is 11.3 Å². The Labute approximate surface area is 98.1 Å². The first-order valence-electron chi connectivity index (χ1n) is 5.45. The number of anilines is 1. The molecule has 1 aliphatic rings. The van der Waals surface area contributed by atoms with E-state index in [1.54, 1.807) is 6.07 Å². The number of rotatable bonds is 1. The lowest BCUT2D eigenvalue weighted by molar-refractivity contribution is 0.297. The summed E-state index contributed by atoms with van der Waals surface area (Å²) in [7, 11) is 0. The van der Waals surface area contributed by atoms with Gasteiger partial charge in [0.15, 0.2) is 11.5 Å². The Morgan fingerprint density at radius 1 is 1.06 bits per heavy atom. The molecule has 0 spiro atoms. The third kappa shape index (κ3) is 1.91. The third-order valence-corrected chi connectivity index (χ3v) is 2.57. The van der Waals surface area contributed by atoms with Crippen LogP contribution < -0.4 is 15.2 Å². The zero-order chi connectivity index (χ0) is 11.7. The molecule has 5 heteroatoms. The molecule has 1 aromatic carbocycles. The van der Waals surface area contributed by atoms with Crippen molar-refractivity contribution in [2.45, 2.75) is 6.42 Å². The SMILES string of the molecule is Nc1cc(-c2ccc3c(c2)OCCCO3)no1.